The summed E-state index contributed by atoms with van der Waals surface area (Å²) in [6, 6.07) is 9.46. The van der Waals surface area contributed by atoms with E-state index in [2.05, 4.69) is 15.8 Å². The standard InChI is InChI=1S/C20H16Cl5N3O2/c1-9(2)27-28-18(29)14-8-13(3-4-15(14)23)26-19(30)17-16(20(17,24)25)10-5-11(21)7-12(22)6-10/h3-8,16-17H,1-2H3,(H,26,30)(H,28,29). The van der Waals surface area contributed by atoms with E-state index >= 15 is 0 Å². The van der Waals surface area contributed by atoms with Gasteiger partial charge in [-0.15, -0.1) is 23.2 Å². The molecule has 0 radical (unpaired) electrons. The van der Waals surface area contributed by atoms with Crippen LogP contribution in [0.25, 0.3) is 0 Å². The highest BCUT2D eigenvalue weighted by Crippen LogP contribution is 2.65. The number of rotatable bonds is 5. The molecule has 0 spiro atoms. The molecule has 0 heterocycles. The Morgan fingerprint density at radius 2 is 1.63 bits per heavy atom. The number of anilines is 1. The number of carbonyl (C=O) groups is 2. The molecule has 2 unspecified atom stereocenters. The lowest BCUT2D eigenvalue weighted by Crippen LogP contribution is -2.20. The van der Waals surface area contributed by atoms with Crippen molar-refractivity contribution in [2.75, 3.05) is 5.32 Å². The first-order valence-electron chi connectivity index (χ1n) is 8.76. The minimum atomic E-state index is -1.31. The summed E-state index contributed by atoms with van der Waals surface area (Å²) < 4.78 is -1.31. The summed E-state index contributed by atoms with van der Waals surface area (Å²) in [5, 5.41) is 7.65. The number of nitrogens with one attached hydrogen (secondary N) is 2. The maximum atomic E-state index is 12.8. The van der Waals surface area contributed by atoms with Crippen LogP contribution < -0.4 is 10.7 Å². The number of hydrogen-bond acceptors (Lipinski definition) is 3. The van der Waals surface area contributed by atoms with Gasteiger partial charge in [0.25, 0.3) is 5.91 Å². The number of halogens is 5. The van der Waals surface area contributed by atoms with Gasteiger partial charge in [-0.3, -0.25) is 9.59 Å². The number of benzene rings is 2. The summed E-state index contributed by atoms with van der Waals surface area (Å²) in [5.74, 6) is -2.11. The Kier molecular flexibility index (Phi) is 6.90. The lowest BCUT2D eigenvalue weighted by Gasteiger charge is -2.09. The molecule has 2 N–H and O–H groups in total. The first-order chi connectivity index (χ1) is 14.0. The van der Waals surface area contributed by atoms with Crippen LogP contribution in [0.3, 0.4) is 0 Å². The molecule has 0 saturated heterocycles. The zero-order valence-electron chi connectivity index (χ0n) is 15.8. The molecule has 0 aromatic heterocycles. The van der Waals surface area contributed by atoms with Gasteiger partial charge in [-0.25, -0.2) is 5.43 Å². The van der Waals surface area contributed by atoms with Crippen LogP contribution in [-0.4, -0.2) is 21.9 Å². The predicted octanol–water partition coefficient (Wildman–Crippen LogP) is 6.30. The van der Waals surface area contributed by atoms with Gasteiger partial charge in [0.2, 0.25) is 5.91 Å². The third-order valence-corrected chi connectivity index (χ3v) is 6.15. The number of hydrogen-bond donors (Lipinski definition) is 2. The first kappa shape index (κ1) is 23.2. The fraction of sp³-hybridized carbons (Fsp3) is 0.250. The zero-order chi connectivity index (χ0) is 22.2. The van der Waals surface area contributed by atoms with Crippen molar-refractivity contribution >= 4 is 81.2 Å². The lowest BCUT2D eigenvalue weighted by molar-refractivity contribution is -0.117. The molecule has 2 amide bonds. The number of alkyl halides is 2. The summed E-state index contributed by atoms with van der Waals surface area (Å²) >= 11 is 30.9. The van der Waals surface area contributed by atoms with Crippen LogP contribution in [0.2, 0.25) is 15.1 Å². The average molecular weight is 508 g/mol. The Morgan fingerprint density at radius 3 is 2.23 bits per heavy atom. The van der Waals surface area contributed by atoms with Crippen molar-refractivity contribution in [3.8, 4) is 0 Å². The molecule has 0 bridgehead atoms. The van der Waals surface area contributed by atoms with E-state index in [1.807, 2.05) is 0 Å². The van der Waals surface area contributed by atoms with E-state index in [1.54, 1.807) is 38.1 Å². The molecule has 1 aliphatic rings. The summed E-state index contributed by atoms with van der Waals surface area (Å²) in [4.78, 5) is 25.1. The van der Waals surface area contributed by atoms with Crippen LogP contribution in [-0.2, 0) is 4.79 Å². The van der Waals surface area contributed by atoms with Gasteiger partial charge >= 0.3 is 0 Å². The second kappa shape index (κ2) is 8.93. The highest BCUT2D eigenvalue weighted by atomic mass is 35.5. The molecule has 0 aliphatic heterocycles. The third-order valence-electron chi connectivity index (χ3n) is 4.44. The maximum absolute atomic E-state index is 12.8. The van der Waals surface area contributed by atoms with Gasteiger partial charge in [0.15, 0.2) is 0 Å². The van der Waals surface area contributed by atoms with Gasteiger partial charge in [0, 0.05) is 27.4 Å². The van der Waals surface area contributed by atoms with Crippen molar-refractivity contribution in [3.05, 3.63) is 62.6 Å². The second-order valence-electron chi connectivity index (χ2n) is 7.02. The van der Waals surface area contributed by atoms with E-state index in [0.717, 1.165) is 0 Å². The minimum Gasteiger partial charge on any atom is -0.326 e. The number of hydrazone groups is 1. The monoisotopic (exact) mass is 505 g/mol. The molecule has 1 aliphatic carbocycles. The van der Waals surface area contributed by atoms with Gasteiger partial charge < -0.3 is 5.32 Å². The molecule has 2 aromatic rings. The van der Waals surface area contributed by atoms with Crippen LogP contribution >= 0.6 is 58.0 Å². The van der Waals surface area contributed by atoms with Gasteiger partial charge in [0.1, 0.15) is 4.33 Å². The maximum Gasteiger partial charge on any atom is 0.272 e. The molecule has 5 nitrogen and oxygen atoms in total. The van der Waals surface area contributed by atoms with Gasteiger partial charge in [0.05, 0.1) is 16.5 Å². The molecule has 10 heteroatoms. The zero-order valence-corrected chi connectivity index (χ0v) is 19.6. The molecule has 158 valence electrons. The molecule has 3 rings (SSSR count). The molecule has 2 atom stereocenters. The van der Waals surface area contributed by atoms with Crippen molar-refractivity contribution < 1.29 is 9.59 Å². The number of carbonyl (C=O) groups excluding carboxylic acids is 2. The lowest BCUT2D eigenvalue weighted by atomic mass is 10.1. The second-order valence-corrected chi connectivity index (χ2v) is 9.74. The highest BCUT2D eigenvalue weighted by molar-refractivity contribution is 6.53. The topological polar surface area (TPSA) is 70.6 Å². The Morgan fingerprint density at radius 1 is 1.00 bits per heavy atom. The van der Waals surface area contributed by atoms with Crippen LogP contribution in [0.1, 0.15) is 35.7 Å². The first-order valence-corrected chi connectivity index (χ1v) is 10.6. The fourth-order valence-corrected chi connectivity index (χ4v) is 4.62. The molecule has 30 heavy (non-hydrogen) atoms. The van der Waals surface area contributed by atoms with Crippen LogP contribution in [0.4, 0.5) is 5.69 Å². The fourth-order valence-electron chi connectivity index (χ4n) is 3.04. The van der Waals surface area contributed by atoms with Crippen LogP contribution in [0.15, 0.2) is 41.5 Å². The number of nitrogens with zero attached hydrogens (tertiary/aromatic N) is 1. The minimum absolute atomic E-state index is 0.163. The Hall–Kier alpha value is -1.50. The van der Waals surface area contributed by atoms with E-state index in [-0.39, 0.29) is 10.6 Å². The Balaban J connectivity index is 1.78. The average Bonchev–Trinajstić information content (AvgIpc) is 3.22. The summed E-state index contributed by atoms with van der Waals surface area (Å²) in [6.45, 7) is 3.48. The molecular weight excluding hydrogens is 492 g/mol. The normalized spacial score (nSPS) is 19.0. The molecular formula is C20H16Cl5N3O2. The number of amides is 2. The van der Waals surface area contributed by atoms with Gasteiger partial charge in [-0.1, -0.05) is 34.8 Å². The summed E-state index contributed by atoms with van der Waals surface area (Å²) in [6.07, 6.45) is 0. The van der Waals surface area contributed by atoms with Crippen LogP contribution in [0, 0.1) is 5.92 Å². The van der Waals surface area contributed by atoms with Crippen molar-refractivity contribution in [2.24, 2.45) is 11.0 Å². The predicted molar refractivity (Wildman–Crippen MR) is 123 cm³/mol. The molecule has 2 aromatic carbocycles. The van der Waals surface area contributed by atoms with Gasteiger partial charge in [-0.2, -0.15) is 5.10 Å². The van der Waals surface area contributed by atoms with Crippen molar-refractivity contribution in [3.63, 3.8) is 0 Å². The van der Waals surface area contributed by atoms with E-state index in [4.69, 9.17) is 58.0 Å². The summed E-state index contributed by atoms with van der Waals surface area (Å²) in [5.41, 5.74) is 4.26. The smallest absolute Gasteiger partial charge is 0.272 e. The quantitative estimate of drug-likeness (QED) is 0.283. The largest absolute Gasteiger partial charge is 0.326 e. The third kappa shape index (κ3) is 5.04. The molecule has 1 fully saturated rings. The van der Waals surface area contributed by atoms with Crippen molar-refractivity contribution in [1.29, 1.82) is 0 Å². The molecule has 1 saturated carbocycles. The van der Waals surface area contributed by atoms with E-state index < -0.39 is 28.0 Å². The van der Waals surface area contributed by atoms with Crippen molar-refractivity contribution in [2.45, 2.75) is 24.1 Å². The van der Waals surface area contributed by atoms with E-state index in [9.17, 15) is 9.59 Å². The van der Waals surface area contributed by atoms with Crippen molar-refractivity contribution in [1.82, 2.24) is 5.43 Å². The van der Waals surface area contributed by atoms with E-state index in [0.29, 0.717) is 27.0 Å². The van der Waals surface area contributed by atoms with Gasteiger partial charge in [-0.05, 0) is 55.8 Å². The SMILES string of the molecule is CC(C)=NNC(=O)c1cc(NC(=O)C2C(c3cc(Cl)cc(Cl)c3)C2(Cl)Cl)ccc1Cl. The summed E-state index contributed by atoms with van der Waals surface area (Å²) in [7, 11) is 0. The Bertz CT molecular complexity index is 1030. The van der Waals surface area contributed by atoms with Crippen LogP contribution in [0.5, 0.6) is 0 Å². The van der Waals surface area contributed by atoms with E-state index in [1.165, 1.54) is 12.1 Å². The highest BCUT2D eigenvalue weighted by Gasteiger charge is 2.67. The Labute approximate surface area is 198 Å².